The van der Waals surface area contributed by atoms with E-state index in [1.165, 1.54) is 50.5 Å². The van der Waals surface area contributed by atoms with E-state index in [1.54, 1.807) is 6.33 Å². The minimum absolute atomic E-state index is 0.443. The molecular weight excluding hydrogens is 246 g/mol. The Morgan fingerprint density at radius 2 is 1.80 bits per heavy atom. The molecule has 20 heavy (non-hydrogen) atoms. The molecule has 0 spiro atoms. The van der Waals surface area contributed by atoms with Crippen LogP contribution >= 0.6 is 0 Å². The second-order valence-corrected chi connectivity index (χ2v) is 6.17. The van der Waals surface area contributed by atoms with Gasteiger partial charge in [0.15, 0.2) is 0 Å². The van der Waals surface area contributed by atoms with Gasteiger partial charge in [-0.2, -0.15) is 0 Å². The zero-order chi connectivity index (χ0) is 14.2. The molecule has 1 unspecified atom stereocenters. The molecular formula is C17H29N3. The highest BCUT2D eigenvalue weighted by molar-refractivity contribution is 5.11. The van der Waals surface area contributed by atoms with Crippen molar-refractivity contribution < 1.29 is 0 Å². The van der Waals surface area contributed by atoms with Crippen molar-refractivity contribution in [1.29, 1.82) is 0 Å². The molecule has 1 heterocycles. The molecule has 1 atom stereocenters. The molecule has 0 aromatic carbocycles. The van der Waals surface area contributed by atoms with Gasteiger partial charge in [-0.1, -0.05) is 39.5 Å². The van der Waals surface area contributed by atoms with Gasteiger partial charge >= 0.3 is 0 Å². The molecule has 1 aromatic rings. The molecule has 0 amide bonds. The van der Waals surface area contributed by atoms with E-state index >= 15 is 0 Å². The van der Waals surface area contributed by atoms with Crippen LogP contribution in [-0.2, 0) is 0 Å². The van der Waals surface area contributed by atoms with Crippen LogP contribution in [0.15, 0.2) is 18.7 Å². The van der Waals surface area contributed by atoms with Crippen molar-refractivity contribution in [3.05, 3.63) is 24.3 Å². The molecule has 0 saturated heterocycles. The summed E-state index contributed by atoms with van der Waals surface area (Å²) in [6.45, 7) is 5.61. The van der Waals surface area contributed by atoms with Gasteiger partial charge in [0, 0.05) is 24.0 Å². The minimum atomic E-state index is 0.443. The quantitative estimate of drug-likeness (QED) is 0.813. The average molecular weight is 275 g/mol. The predicted molar refractivity (Wildman–Crippen MR) is 83.4 cm³/mol. The van der Waals surface area contributed by atoms with Crippen molar-refractivity contribution in [2.24, 2.45) is 11.8 Å². The summed E-state index contributed by atoms with van der Waals surface area (Å²) in [5, 5.41) is 3.72. The summed E-state index contributed by atoms with van der Waals surface area (Å²) < 4.78 is 0. The molecule has 0 radical (unpaired) electrons. The molecule has 1 aliphatic carbocycles. The van der Waals surface area contributed by atoms with Crippen LogP contribution in [-0.4, -0.2) is 16.5 Å². The molecule has 1 aromatic heterocycles. The molecule has 1 saturated carbocycles. The highest BCUT2D eigenvalue weighted by atomic mass is 14.9. The fourth-order valence-electron chi connectivity index (χ4n) is 3.55. The zero-order valence-electron chi connectivity index (χ0n) is 13.0. The van der Waals surface area contributed by atoms with E-state index < -0.39 is 0 Å². The summed E-state index contributed by atoms with van der Waals surface area (Å²) in [5.41, 5.74) is 1.26. The molecule has 2 rings (SSSR count). The van der Waals surface area contributed by atoms with Crippen LogP contribution in [0, 0.1) is 11.8 Å². The highest BCUT2D eigenvalue weighted by Gasteiger charge is 2.28. The second kappa shape index (κ2) is 8.35. The van der Waals surface area contributed by atoms with Gasteiger partial charge in [0.1, 0.15) is 6.33 Å². The first-order valence-electron chi connectivity index (χ1n) is 8.33. The summed E-state index contributed by atoms with van der Waals surface area (Å²) in [6.07, 6.45) is 15.0. The topological polar surface area (TPSA) is 37.8 Å². The lowest BCUT2D eigenvalue weighted by Gasteiger charge is -2.34. The average Bonchev–Trinajstić information content (AvgIpc) is 2.51. The zero-order valence-corrected chi connectivity index (χ0v) is 13.0. The van der Waals surface area contributed by atoms with Gasteiger partial charge in [0.25, 0.3) is 0 Å². The monoisotopic (exact) mass is 275 g/mol. The minimum Gasteiger partial charge on any atom is -0.310 e. The maximum absolute atomic E-state index is 4.20. The molecule has 0 bridgehead atoms. The lowest BCUT2D eigenvalue weighted by molar-refractivity contribution is 0.214. The summed E-state index contributed by atoms with van der Waals surface area (Å²) in [5.74, 6) is 1.72. The third kappa shape index (κ3) is 4.27. The number of hydrogen-bond donors (Lipinski definition) is 1. The SMILES string of the molecule is CCCNC(c1cncnc1)C1CCC(CCC)CC1. The van der Waals surface area contributed by atoms with Gasteiger partial charge in [-0.15, -0.1) is 0 Å². The predicted octanol–water partition coefficient (Wildman–Crippen LogP) is 4.12. The van der Waals surface area contributed by atoms with Gasteiger partial charge in [0.2, 0.25) is 0 Å². The fourth-order valence-corrected chi connectivity index (χ4v) is 3.55. The normalized spacial score (nSPS) is 24.5. The van der Waals surface area contributed by atoms with Crippen LogP contribution in [0.1, 0.15) is 70.4 Å². The summed E-state index contributed by atoms with van der Waals surface area (Å²) in [7, 11) is 0. The lowest BCUT2D eigenvalue weighted by Crippen LogP contribution is -2.31. The Morgan fingerprint density at radius 1 is 1.10 bits per heavy atom. The molecule has 1 aliphatic rings. The van der Waals surface area contributed by atoms with E-state index in [-0.39, 0.29) is 0 Å². The van der Waals surface area contributed by atoms with Gasteiger partial charge in [-0.05, 0) is 37.6 Å². The third-order valence-corrected chi connectivity index (χ3v) is 4.61. The molecule has 1 fully saturated rings. The maximum Gasteiger partial charge on any atom is 0.115 e. The van der Waals surface area contributed by atoms with E-state index in [0.717, 1.165) is 18.4 Å². The van der Waals surface area contributed by atoms with Gasteiger partial charge < -0.3 is 5.32 Å². The second-order valence-electron chi connectivity index (χ2n) is 6.17. The largest absolute Gasteiger partial charge is 0.310 e. The Kier molecular flexibility index (Phi) is 6.44. The summed E-state index contributed by atoms with van der Waals surface area (Å²) in [4.78, 5) is 8.40. The summed E-state index contributed by atoms with van der Waals surface area (Å²) >= 11 is 0. The van der Waals surface area contributed by atoms with Crippen molar-refractivity contribution in [3.8, 4) is 0 Å². The van der Waals surface area contributed by atoms with E-state index in [0.29, 0.717) is 6.04 Å². The molecule has 0 aliphatic heterocycles. The van der Waals surface area contributed by atoms with Crippen molar-refractivity contribution >= 4 is 0 Å². The van der Waals surface area contributed by atoms with Crippen LogP contribution in [0.25, 0.3) is 0 Å². The Balaban J connectivity index is 1.97. The van der Waals surface area contributed by atoms with E-state index in [1.807, 2.05) is 12.4 Å². The maximum atomic E-state index is 4.20. The Hall–Kier alpha value is -0.960. The van der Waals surface area contributed by atoms with Gasteiger partial charge in [-0.3, -0.25) is 0 Å². The number of nitrogens with zero attached hydrogens (tertiary/aromatic N) is 2. The first-order chi connectivity index (χ1) is 9.85. The number of nitrogens with one attached hydrogen (secondary N) is 1. The van der Waals surface area contributed by atoms with Crippen LogP contribution in [0.4, 0.5) is 0 Å². The molecule has 1 N–H and O–H groups in total. The van der Waals surface area contributed by atoms with Crippen LogP contribution in [0.5, 0.6) is 0 Å². The molecule has 112 valence electrons. The number of rotatable bonds is 7. The molecule has 3 nitrogen and oxygen atoms in total. The Labute approximate surface area is 123 Å². The van der Waals surface area contributed by atoms with Crippen molar-refractivity contribution in [2.75, 3.05) is 6.54 Å². The molecule has 3 heteroatoms. The van der Waals surface area contributed by atoms with Gasteiger partial charge in [-0.25, -0.2) is 9.97 Å². The van der Waals surface area contributed by atoms with Crippen molar-refractivity contribution in [3.63, 3.8) is 0 Å². The van der Waals surface area contributed by atoms with Crippen LogP contribution in [0.2, 0.25) is 0 Å². The Bertz CT molecular complexity index is 358. The van der Waals surface area contributed by atoms with Crippen LogP contribution in [0.3, 0.4) is 0 Å². The first-order valence-corrected chi connectivity index (χ1v) is 8.33. The fraction of sp³-hybridized carbons (Fsp3) is 0.765. The van der Waals surface area contributed by atoms with Crippen molar-refractivity contribution in [1.82, 2.24) is 15.3 Å². The van der Waals surface area contributed by atoms with E-state index in [2.05, 4.69) is 29.1 Å². The lowest BCUT2D eigenvalue weighted by atomic mass is 9.76. The summed E-state index contributed by atoms with van der Waals surface area (Å²) in [6, 6.07) is 0.443. The third-order valence-electron chi connectivity index (χ3n) is 4.61. The standard InChI is InChI=1S/C17H29N3/c1-3-5-14-6-8-15(9-7-14)17(20-10-4-2)16-11-18-13-19-12-16/h11-15,17,20H,3-10H2,1-2H3. The smallest absolute Gasteiger partial charge is 0.115 e. The van der Waals surface area contributed by atoms with E-state index in [9.17, 15) is 0 Å². The Morgan fingerprint density at radius 3 is 2.40 bits per heavy atom. The van der Waals surface area contributed by atoms with Crippen LogP contribution < -0.4 is 5.32 Å². The van der Waals surface area contributed by atoms with Gasteiger partial charge in [0.05, 0.1) is 0 Å². The van der Waals surface area contributed by atoms with E-state index in [4.69, 9.17) is 0 Å². The highest BCUT2D eigenvalue weighted by Crippen LogP contribution is 2.38. The van der Waals surface area contributed by atoms with Crippen molar-refractivity contribution in [2.45, 2.75) is 64.8 Å². The number of hydrogen-bond acceptors (Lipinski definition) is 3. The first kappa shape index (κ1) is 15.4. The number of aromatic nitrogens is 2.